The number of nitrogens with two attached hydrogens (primary N) is 1. The number of benzene rings is 1. The highest BCUT2D eigenvalue weighted by Crippen LogP contribution is 2.14. The van der Waals surface area contributed by atoms with Crippen molar-refractivity contribution in [3.8, 4) is 0 Å². The summed E-state index contributed by atoms with van der Waals surface area (Å²) in [4.78, 5) is 4.12. The predicted molar refractivity (Wildman–Crippen MR) is 63.1 cm³/mol. The Balaban J connectivity index is 2.09. The molecule has 2 N–H and O–H groups in total. The van der Waals surface area contributed by atoms with Crippen LogP contribution in [0.4, 0.5) is 4.39 Å². The Kier molecular flexibility index (Phi) is 3.54. The maximum absolute atomic E-state index is 13.4. The molecular weight excluding hydrogens is 219 g/mol. The van der Waals surface area contributed by atoms with Crippen molar-refractivity contribution in [3.05, 3.63) is 53.5 Å². The summed E-state index contributed by atoms with van der Waals surface area (Å²) in [5, 5.41) is 0. The van der Waals surface area contributed by atoms with E-state index < -0.39 is 0 Å². The number of halogens is 1. The quantitative estimate of drug-likeness (QED) is 0.883. The zero-order valence-corrected chi connectivity index (χ0v) is 9.69. The second-order valence-corrected chi connectivity index (χ2v) is 4.17. The first-order valence-electron chi connectivity index (χ1n) is 5.57. The van der Waals surface area contributed by atoms with Crippen molar-refractivity contribution in [3.63, 3.8) is 0 Å². The summed E-state index contributed by atoms with van der Waals surface area (Å²) < 4.78 is 18.9. The normalized spacial score (nSPS) is 12.6. The zero-order valence-electron chi connectivity index (χ0n) is 9.69. The second-order valence-electron chi connectivity index (χ2n) is 4.17. The lowest BCUT2D eigenvalue weighted by molar-refractivity contribution is 0.449. The van der Waals surface area contributed by atoms with Gasteiger partial charge in [0.05, 0.1) is 12.6 Å². The van der Waals surface area contributed by atoms with Crippen molar-refractivity contribution in [2.75, 3.05) is 0 Å². The van der Waals surface area contributed by atoms with Crippen LogP contribution >= 0.6 is 0 Å². The summed E-state index contributed by atoms with van der Waals surface area (Å²) in [5.41, 5.74) is 6.25. The van der Waals surface area contributed by atoms with Crippen LogP contribution in [-0.2, 0) is 12.8 Å². The van der Waals surface area contributed by atoms with Crippen LogP contribution < -0.4 is 5.73 Å². The first-order valence-corrected chi connectivity index (χ1v) is 5.57. The first-order chi connectivity index (χ1) is 8.15. The van der Waals surface area contributed by atoms with E-state index in [-0.39, 0.29) is 11.9 Å². The number of aromatic nitrogens is 1. The van der Waals surface area contributed by atoms with Gasteiger partial charge in [-0.25, -0.2) is 9.37 Å². The second kappa shape index (κ2) is 5.10. The number of nitrogens with zero attached hydrogens (tertiary/aromatic N) is 1. The average Bonchev–Trinajstić information content (AvgIpc) is 2.68. The Morgan fingerprint density at radius 2 is 2.18 bits per heavy atom. The molecule has 1 atom stereocenters. The lowest BCUT2D eigenvalue weighted by Crippen LogP contribution is -2.17. The Morgan fingerprint density at radius 3 is 2.88 bits per heavy atom. The molecular formula is C13H15FN2O. The molecule has 3 nitrogen and oxygen atoms in total. The van der Waals surface area contributed by atoms with E-state index >= 15 is 0 Å². The number of hydrogen-bond donors (Lipinski definition) is 1. The number of hydrogen-bond acceptors (Lipinski definition) is 3. The largest absolute Gasteiger partial charge is 0.445 e. The fourth-order valence-electron chi connectivity index (χ4n) is 1.65. The molecule has 0 radical (unpaired) electrons. The molecule has 17 heavy (non-hydrogen) atoms. The van der Waals surface area contributed by atoms with E-state index in [1.165, 1.54) is 6.07 Å². The molecule has 0 spiro atoms. The van der Waals surface area contributed by atoms with E-state index in [1.54, 1.807) is 24.4 Å². The van der Waals surface area contributed by atoms with E-state index in [2.05, 4.69) is 4.98 Å². The van der Waals surface area contributed by atoms with Crippen LogP contribution in [0, 0.1) is 5.82 Å². The van der Waals surface area contributed by atoms with Gasteiger partial charge in [0.1, 0.15) is 11.6 Å². The van der Waals surface area contributed by atoms with Gasteiger partial charge in [-0.3, -0.25) is 0 Å². The van der Waals surface area contributed by atoms with Crippen molar-refractivity contribution < 1.29 is 8.81 Å². The van der Waals surface area contributed by atoms with Crippen molar-refractivity contribution in [1.29, 1.82) is 0 Å². The third-order valence-corrected chi connectivity index (χ3v) is 2.42. The topological polar surface area (TPSA) is 52.0 Å². The maximum Gasteiger partial charge on any atom is 0.198 e. The molecule has 1 unspecified atom stereocenters. The minimum atomic E-state index is -0.237. The molecule has 0 fully saturated rings. The van der Waals surface area contributed by atoms with Crippen LogP contribution in [0.5, 0.6) is 0 Å². The highest BCUT2D eigenvalue weighted by atomic mass is 19.1. The fraction of sp³-hybridized carbons (Fsp3) is 0.308. The van der Waals surface area contributed by atoms with Crippen LogP contribution in [0.25, 0.3) is 0 Å². The highest BCUT2D eigenvalue weighted by Gasteiger charge is 2.09. The average molecular weight is 234 g/mol. The molecule has 0 aliphatic carbocycles. The third-order valence-electron chi connectivity index (χ3n) is 2.42. The van der Waals surface area contributed by atoms with Gasteiger partial charge in [-0.05, 0) is 18.6 Å². The highest BCUT2D eigenvalue weighted by molar-refractivity contribution is 5.20. The standard InChI is InChI=1S/C13H15FN2O/c1-9(15)6-11-8-16-13(17-11)7-10-4-2-3-5-12(10)14/h2-5,8-9H,6-7,15H2,1H3. The molecule has 90 valence electrons. The summed E-state index contributed by atoms with van der Waals surface area (Å²) >= 11 is 0. The van der Waals surface area contributed by atoms with Crippen LogP contribution in [0.3, 0.4) is 0 Å². The molecule has 0 amide bonds. The Morgan fingerprint density at radius 1 is 1.41 bits per heavy atom. The van der Waals surface area contributed by atoms with Gasteiger partial charge in [0, 0.05) is 12.5 Å². The molecule has 2 aromatic rings. The van der Waals surface area contributed by atoms with Gasteiger partial charge in [0.2, 0.25) is 0 Å². The van der Waals surface area contributed by atoms with Crippen LogP contribution in [-0.4, -0.2) is 11.0 Å². The van der Waals surface area contributed by atoms with Crippen molar-refractivity contribution in [2.24, 2.45) is 5.73 Å². The van der Waals surface area contributed by atoms with Crippen LogP contribution in [0.15, 0.2) is 34.9 Å². The Hall–Kier alpha value is -1.68. The lowest BCUT2D eigenvalue weighted by Gasteiger charge is -2.00. The maximum atomic E-state index is 13.4. The van der Waals surface area contributed by atoms with Gasteiger partial charge in [-0.15, -0.1) is 0 Å². The molecule has 0 aliphatic rings. The van der Waals surface area contributed by atoms with Gasteiger partial charge in [0.25, 0.3) is 0 Å². The van der Waals surface area contributed by atoms with Crippen LogP contribution in [0.2, 0.25) is 0 Å². The van der Waals surface area contributed by atoms with E-state index in [0.717, 1.165) is 5.76 Å². The smallest absolute Gasteiger partial charge is 0.198 e. The van der Waals surface area contributed by atoms with E-state index in [4.69, 9.17) is 10.2 Å². The van der Waals surface area contributed by atoms with Gasteiger partial charge >= 0.3 is 0 Å². The van der Waals surface area contributed by atoms with Gasteiger partial charge in [-0.2, -0.15) is 0 Å². The lowest BCUT2D eigenvalue weighted by atomic mass is 10.1. The molecule has 0 aliphatic heterocycles. The zero-order chi connectivity index (χ0) is 12.3. The molecule has 1 heterocycles. The molecule has 4 heteroatoms. The molecule has 0 saturated heterocycles. The monoisotopic (exact) mass is 234 g/mol. The number of rotatable bonds is 4. The van der Waals surface area contributed by atoms with Gasteiger partial charge < -0.3 is 10.2 Å². The molecule has 1 aromatic carbocycles. The van der Waals surface area contributed by atoms with E-state index in [1.807, 2.05) is 6.92 Å². The molecule has 1 aromatic heterocycles. The predicted octanol–water partition coefficient (Wildman–Crippen LogP) is 2.29. The SMILES string of the molecule is CC(N)Cc1cnc(Cc2ccccc2F)o1. The van der Waals surface area contributed by atoms with E-state index in [9.17, 15) is 4.39 Å². The van der Waals surface area contributed by atoms with Crippen molar-refractivity contribution >= 4 is 0 Å². The molecule has 0 saturated carbocycles. The van der Waals surface area contributed by atoms with Crippen molar-refractivity contribution in [1.82, 2.24) is 4.98 Å². The summed E-state index contributed by atoms with van der Waals surface area (Å²) in [6.45, 7) is 1.90. The Labute approximate surface area is 99.5 Å². The minimum absolute atomic E-state index is 0.0317. The van der Waals surface area contributed by atoms with Crippen LogP contribution in [0.1, 0.15) is 24.1 Å². The Bertz CT molecular complexity index is 494. The molecule has 2 rings (SSSR count). The fourth-order valence-corrected chi connectivity index (χ4v) is 1.65. The molecule has 0 bridgehead atoms. The third kappa shape index (κ3) is 3.14. The summed E-state index contributed by atoms with van der Waals surface area (Å²) in [6, 6.07) is 6.65. The van der Waals surface area contributed by atoms with Crippen molar-refractivity contribution in [2.45, 2.75) is 25.8 Å². The number of oxazole rings is 1. The van der Waals surface area contributed by atoms with Gasteiger partial charge in [-0.1, -0.05) is 18.2 Å². The summed E-state index contributed by atoms with van der Waals surface area (Å²) in [7, 11) is 0. The summed E-state index contributed by atoms with van der Waals surface area (Å²) in [6.07, 6.45) is 2.66. The first kappa shape index (κ1) is 11.8. The van der Waals surface area contributed by atoms with Gasteiger partial charge in [0.15, 0.2) is 5.89 Å². The van der Waals surface area contributed by atoms with E-state index in [0.29, 0.717) is 24.3 Å². The summed E-state index contributed by atoms with van der Waals surface area (Å²) in [5.74, 6) is 1.02. The minimum Gasteiger partial charge on any atom is -0.445 e.